The fraction of sp³-hybridized carbons (Fsp3) is 0.242. The van der Waals surface area contributed by atoms with Crippen LogP contribution in [-0.2, 0) is 6.54 Å². The summed E-state index contributed by atoms with van der Waals surface area (Å²) in [4.78, 5) is 33.9. The summed E-state index contributed by atoms with van der Waals surface area (Å²) in [6.45, 7) is 5.69. The second-order valence-corrected chi connectivity index (χ2v) is 11.0. The van der Waals surface area contributed by atoms with E-state index in [9.17, 15) is 14.7 Å². The van der Waals surface area contributed by atoms with Crippen molar-refractivity contribution in [3.63, 3.8) is 0 Å². The normalized spacial score (nSPS) is 13.0. The van der Waals surface area contributed by atoms with E-state index < -0.39 is 17.1 Å². The molecule has 220 valence electrons. The van der Waals surface area contributed by atoms with E-state index in [4.69, 9.17) is 14.2 Å². The van der Waals surface area contributed by atoms with Crippen molar-refractivity contribution in [2.45, 2.75) is 32.9 Å². The molecule has 0 fully saturated rings. The number of aromatic nitrogens is 3. The monoisotopic (exact) mass is 580 g/mol. The van der Waals surface area contributed by atoms with Crippen molar-refractivity contribution in [1.82, 2.24) is 14.3 Å². The van der Waals surface area contributed by atoms with Crippen LogP contribution in [0.1, 0.15) is 29.9 Å². The molecule has 1 aliphatic heterocycles. The topological polar surface area (TPSA) is 108 Å². The predicted molar refractivity (Wildman–Crippen MR) is 163 cm³/mol. The molecule has 3 heterocycles. The molecule has 0 bridgehead atoms. The van der Waals surface area contributed by atoms with Crippen LogP contribution < -0.4 is 24.7 Å². The lowest BCUT2D eigenvalue weighted by Crippen LogP contribution is -2.40. The molecule has 0 atom stereocenters. The molecule has 0 saturated carbocycles. The highest BCUT2D eigenvalue weighted by Gasteiger charge is 2.32. The molecule has 0 spiro atoms. The summed E-state index contributed by atoms with van der Waals surface area (Å²) in [6, 6.07) is 21.7. The smallest absolute Gasteiger partial charge is 0.284 e. The summed E-state index contributed by atoms with van der Waals surface area (Å²) in [7, 11) is 1.61. The van der Waals surface area contributed by atoms with Crippen LogP contribution >= 0.6 is 0 Å². The van der Waals surface area contributed by atoms with Gasteiger partial charge in [0.15, 0.2) is 0 Å². The number of fused-ring (bicyclic) bond motifs is 2. The van der Waals surface area contributed by atoms with E-state index in [0.29, 0.717) is 40.1 Å². The molecule has 1 aliphatic rings. The Bertz CT molecular complexity index is 1890. The average molecular weight is 581 g/mol. The molecule has 2 aromatic heterocycles. The van der Waals surface area contributed by atoms with Crippen LogP contribution in [0.3, 0.4) is 0 Å². The van der Waals surface area contributed by atoms with Gasteiger partial charge in [-0.3, -0.25) is 19.3 Å². The van der Waals surface area contributed by atoms with Gasteiger partial charge in [0.2, 0.25) is 0 Å². The van der Waals surface area contributed by atoms with Crippen molar-refractivity contribution in [1.29, 1.82) is 0 Å². The third-order valence-corrected chi connectivity index (χ3v) is 7.33. The van der Waals surface area contributed by atoms with Gasteiger partial charge in [-0.05, 0) is 63.2 Å². The molecule has 1 N–H and O–H groups in total. The number of carbonyl (C=O) groups is 1. The maximum absolute atomic E-state index is 14.1. The molecule has 0 saturated heterocycles. The standard InChI is InChI=1S/C33H32N4O6/c1-21-30(32(39)37(22-8-6-5-7-9-22)36(21)20-33(2,3)40)31(38)35-16-17-42-29-19-24(11-13-27(29)35)43-28-14-15-34-26-18-23(41-4)10-12-25(26)28/h5-15,18-19,40H,16-17,20H2,1-4H3. The predicted octanol–water partition coefficient (Wildman–Crippen LogP) is 5.11. The number of ether oxygens (including phenoxy) is 3. The van der Waals surface area contributed by atoms with Crippen LogP contribution in [0.4, 0.5) is 5.69 Å². The first-order valence-corrected chi connectivity index (χ1v) is 13.9. The van der Waals surface area contributed by atoms with E-state index >= 15 is 0 Å². The van der Waals surface area contributed by atoms with Gasteiger partial charge in [0.1, 0.15) is 35.2 Å². The Hall–Kier alpha value is -5.09. The number of rotatable bonds is 7. The third kappa shape index (κ3) is 5.32. The quantitative estimate of drug-likeness (QED) is 0.285. The van der Waals surface area contributed by atoms with Gasteiger partial charge in [0.25, 0.3) is 11.5 Å². The van der Waals surface area contributed by atoms with Gasteiger partial charge in [0, 0.05) is 23.7 Å². The van der Waals surface area contributed by atoms with Crippen LogP contribution in [0, 0.1) is 6.92 Å². The van der Waals surface area contributed by atoms with Crippen LogP contribution in [0.15, 0.2) is 83.8 Å². The molecular formula is C33H32N4O6. The number of pyridine rings is 1. The van der Waals surface area contributed by atoms with E-state index in [1.807, 2.05) is 36.4 Å². The van der Waals surface area contributed by atoms with E-state index in [2.05, 4.69) is 4.98 Å². The maximum atomic E-state index is 14.1. The van der Waals surface area contributed by atoms with Crippen LogP contribution in [0.5, 0.6) is 23.0 Å². The minimum absolute atomic E-state index is 0.0416. The summed E-state index contributed by atoms with van der Waals surface area (Å²) in [5.74, 6) is 1.87. The van der Waals surface area contributed by atoms with Crippen molar-refractivity contribution >= 4 is 22.5 Å². The van der Waals surface area contributed by atoms with E-state index in [1.54, 1.807) is 80.1 Å². The summed E-state index contributed by atoms with van der Waals surface area (Å²) < 4.78 is 20.6. The number of hydrogen-bond donors (Lipinski definition) is 1. The molecule has 3 aromatic carbocycles. The zero-order valence-electron chi connectivity index (χ0n) is 24.4. The largest absolute Gasteiger partial charge is 0.497 e. The lowest BCUT2D eigenvalue weighted by molar-refractivity contribution is 0.0546. The molecule has 6 rings (SSSR count). The zero-order chi connectivity index (χ0) is 30.3. The van der Waals surface area contributed by atoms with Crippen LogP contribution in [0.25, 0.3) is 16.6 Å². The number of methoxy groups -OCH3 is 1. The average Bonchev–Trinajstić information content (AvgIpc) is 3.23. The van der Waals surface area contributed by atoms with Gasteiger partial charge >= 0.3 is 0 Å². The third-order valence-electron chi connectivity index (χ3n) is 7.33. The summed E-state index contributed by atoms with van der Waals surface area (Å²) in [5.41, 5.74) is 0.804. The molecule has 0 radical (unpaired) electrons. The van der Waals surface area contributed by atoms with Gasteiger partial charge in [-0.15, -0.1) is 0 Å². The van der Waals surface area contributed by atoms with Gasteiger partial charge in [-0.25, -0.2) is 4.68 Å². The SMILES string of the molecule is COc1ccc2c(Oc3ccc4c(c3)OCCN4C(=O)c3c(C)n(CC(C)(C)O)n(-c4ccccc4)c3=O)ccnc2c1. The Balaban J connectivity index is 1.35. The van der Waals surface area contributed by atoms with Crippen LogP contribution in [0.2, 0.25) is 0 Å². The Labute approximate surface area is 248 Å². The molecule has 0 aliphatic carbocycles. The Kier molecular flexibility index (Phi) is 7.15. The minimum Gasteiger partial charge on any atom is -0.497 e. The number of hydrogen-bond acceptors (Lipinski definition) is 7. The molecule has 10 nitrogen and oxygen atoms in total. The highest BCUT2D eigenvalue weighted by atomic mass is 16.5. The lowest BCUT2D eigenvalue weighted by atomic mass is 10.1. The van der Waals surface area contributed by atoms with E-state index in [-0.39, 0.29) is 25.3 Å². The molecule has 10 heteroatoms. The van der Waals surface area contributed by atoms with Crippen molar-refractivity contribution in [2.75, 3.05) is 25.2 Å². The van der Waals surface area contributed by atoms with Gasteiger partial charge in [0.05, 0.1) is 48.4 Å². The Morgan fingerprint density at radius 3 is 2.56 bits per heavy atom. The number of aliphatic hydroxyl groups is 1. The first-order valence-electron chi connectivity index (χ1n) is 13.9. The highest BCUT2D eigenvalue weighted by Crippen LogP contribution is 2.38. The van der Waals surface area contributed by atoms with Gasteiger partial charge < -0.3 is 24.2 Å². The van der Waals surface area contributed by atoms with Crippen LogP contribution in [-0.4, -0.2) is 51.2 Å². The van der Waals surface area contributed by atoms with Crippen molar-refractivity contribution in [3.8, 4) is 28.7 Å². The second kappa shape index (κ2) is 11.0. The number of nitrogens with zero attached hydrogens (tertiary/aromatic N) is 4. The van der Waals surface area contributed by atoms with Crippen molar-refractivity contribution in [2.24, 2.45) is 0 Å². The minimum atomic E-state index is -1.12. The first kappa shape index (κ1) is 28.0. The van der Waals surface area contributed by atoms with Crippen molar-refractivity contribution < 1.29 is 24.1 Å². The Morgan fingerprint density at radius 2 is 1.81 bits per heavy atom. The second-order valence-electron chi connectivity index (χ2n) is 11.0. The zero-order valence-corrected chi connectivity index (χ0v) is 24.4. The fourth-order valence-electron chi connectivity index (χ4n) is 5.33. The number of amides is 1. The summed E-state index contributed by atoms with van der Waals surface area (Å²) in [5, 5.41) is 11.4. The summed E-state index contributed by atoms with van der Waals surface area (Å²) in [6.07, 6.45) is 1.67. The molecule has 43 heavy (non-hydrogen) atoms. The molecule has 1 amide bonds. The number of benzene rings is 3. The molecular weight excluding hydrogens is 548 g/mol. The maximum Gasteiger partial charge on any atom is 0.284 e. The first-order chi connectivity index (χ1) is 20.6. The van der Waals surface area contributed by atoms with Gasteiger partial charge in [-0.1, -0.05) is 18.2 Å². The number of carbonyl (C=O) groups excluding carboxylic acids is 1. The fourth-order valence-corrected chi connectivity index (χ4v) is 5.33. The molecule has 5 aromatic rings. The van der Waals surface area contributed by atoms with E-state index in [1.165, 1.54) is 4.68 Å². The number of anilines is 1. The molecule has 0 unspecified atom stereocenters. The highest BCUT2D eigenvalue weighted by molar-refractivity contribution is 6.07. The van der Waals surface area contributed by atoms with Gasteiger partial charge in [-0.2, -0.15) is 0 Å². The van der Waals surface area contributed by atoms with Crippen molar-refractivity contribution in [3.05, 3.63) is 101 Å². The van der Waals surface area contributed by atoms with E-state index in [0.717, 1.165) is 10.9 Å². The number of para-hydroxylation sites is 1. The lowest BCUT2D eigenvalue weighted by Gasteiger charge is -2.29. The summed E-state index contributed by atoms with van der Waals surface area (Å²) >= 11 is 0. The Morgan fingerprint density at radius 1 is 1.05 bits per heavy atom.